The molecule has 3 aromatic rings. The molecule has 0 bridgehead atoms. The van der Waals surface area contributed by atoms with Gasteiger partial charge in [-0.2, -0.15) is 0 Å². The van der Waals surface area contributed by atoms with Gasteiger partial charge in [0.05, 0.1) is 24.6 Å². The predicted octanol–water partition coefficient (Wildman–Crippen LogP) is 5.45. The van der Waals surface area contributed by atoms with Crippen molar-refractivity contribution >= 4 is 23.2 Å². The molecule has 0 aliphatic rings. The van der Waals surface area contributed by atoms with Crippen molar-refractivity contribution in [1.82, 2.24) is 0 Å². The van der Waals surface area contributed by atoms with Crippen molar-refractivity contribution in [2.45, 2.75) is 26.7 Å². The van der Waals surface area contributed by atoms with Crippen LogP contribution >= 0.6 is 0 Å². The molecule has 33 heavy (non-hydrogen) atoms. The zero-order valence-corrected chi connectivity index (χ0v) is 18.7. The van der Waals surface area contributed by atoms with Gasteiger partial charge >= 0.3 is 0 Å². The number of aryl methyl sites for hydroxylation is 1. The van der Waals surface area contributed by atoms with Crippen molar-refractivity contribution < 1.29 is 23.5 Å². The summed E-state index contributed by atoms with van der Waals surface area (Å²) < 4.78 is 25.2. The zero-order chi connectivity index (χ0) is 23.6. The van der Waals surface area contributed by atoms with Crippen LogP contribution in [0.4, 0.5) is 15.8 Å². The molecule has 6 nitrogen and oxygen atoms in total. The molecule has 0 aromatic heterocycles. The second-order valence-electron chi connectivity index (χ2n) is 7.17. The molecular formula is C26H27FN2O4. The van der Waals surface area contributed by atoms with Crippen LogP contribution in [0.5, 0.6) is 11.5 Å². The Morgan fingerprint density at radius 2 is 1.39 bits per heavy atom. The Bertz CT molecular complexity index is 1100. The number of nitrogens with one attached hydrogen (secondary N) is 2. The monoisotopic (exact) mass is 450 g/mol. The number of benzene rings is 3. The number of ether oxygens (including phenoxy) is 2. The fraction of sp³-hybridized carbons (Fsp3) is 0.231. The third-order valence-electron chi connectivity index (χ3n) is 4.82. The van der Waals surface area contributed by atoms with Crippen molar-refractivity contribution in [2.75, 3.05) is 23.8 Å². The third kappa shape index (κ3) is 6.55. The van der Waals surface area contributed by atoms with E-state index in [0.29, 0.717) is 47.2 Å². The van der Waals surface area contributed by atoms with E-state index < -0.39 is 0 Å². The molecule has 3 rings (SSSR count). The third-order valence-corrected chi connectivity index (χ3v) is 4.82. The molecule has 3 aromatic carbocycles. The Kier molecular flexibility index (Phi) is 8.41. The second kappa shape index (κ2) is 11.7. The highest BCUT2D eigenvalue weighted by molar-refractivity contribution is 6.05. The van der Waals surface area contributed by atoms with E-state index in [2.05, 4.69) is 10.6 Å². The van der Waals surface area contributed by atoms with E-state index in [9.17, 15) is 14.0 Å². The van der Waals surface area contributed by atoms with Crippen molar-refractivity contribution in [3.05, 3.63) is 83.7 Å². The highest BCUT2D eigenvalue weighted by atomic mass is 19.1. The van der Waals surface area contributed by atoms with Gasteiger partial charge in [-0.05, 0) is 44.0 Å². The summed E-state index contributed by atoms with van der Waals surface area (Å²) in [6, 6.07) is 18.4. The number of carbonyl (C=O) groups excluding carboxylic acids is 2. The Morgan fingerprint density at radius 1 is 0.818 bits per heavy atom. The van der Waals surface area contributed by atoms with E-state index >= 15 is 0 Å². The summed E-state index contributed by atoms with van der Waals surface area (Å²) in [5.74, 6) is -0.126. The van der Waals surface area contributed by atoms with Crippen LogP contribution < -0.4 is 20.1 Å². The minimum atomic E-state index is -0.336. The van der Waals surface area contributed by atoms with Crippen LogP contribution in [0.15, 0.2) is 66.7 Å². The summed E-state index contributed by atoms with van der Waals surface area (Å²) >= 11 is 0. The minimum Gasteiger partial charge on any atom is -0.492 e. The quantitative estimate of drug-likeness (QED) is 0.431. The lowest BCUT2D eigenvalue weighted by atomic mass is 10.1. The highest BCUT2D eigenvalue weighted by Gasteiger charge is 2.17. The largest absolute Gasteiger partial charge is 0.492 e. The molecular weight excluding hydrogens is 423 g/mol. The first-order valence-electron chi connectivity index (χ1n) is 10.8. The van der Waals surface area contributed by atoms with Gasteiger partial charge in [-0.1, -0.05) is 36.4 Å². The molecule has 0 saturated carbocycles. The lowest BCUT2D eigenvalue weighted by molar-refractivity contribution is -0.116. The van der Waals surface area contributed by atoms with Crippen LogP contribution in [-0.2, 0) is 11.2 Å². The molecule has 2 N–H and O–H groups in total. The number of amides is 2. The van der Waals surface area contributed by atoms with Crippen molar-refractivity contribution in [3.8, 4) is 11.5 Å². The van der Waals surface area contributed by atoms with E-state index in [1.165, 1.54) is 6.07 Å². The maximum Gasteiger partial charge on any atom is 0.255 e. The summed E-state index contributed by atoms with van der Waals surface area (Å²) in [6.07, 6.45) is 0.370. The Balaban J connectivity index is 1.80. The number of anilines is 2. The molecule has 172 valence electrons. The molecule has 0 saturated heterocycles. The van der Waals surface area contributed by atoms with Gasteiger partial charge in [-0.25, -0.2) is 4.39 Å². The summed E-state index contributed by atoms with van der Waals surface area (Å²) in [6.45, 7) is 4.37. The van der Waals surface area contributed by atoms with Crippen molar-refractivity contribution in [1.29, 1.82) is 0 Å². The van der Waals surface area contributed by atoms with Gasteiger partial charge in [0.15, 0.2) is 0 Å². The standard InChI is InChI=1S/C26H27FN2O4/c1-3-32-23-17-22(29-26(31)19-11-6-5-7-12-19)24(33-4-2)16-21(23)28-25(30)15-14-18-10-8-9-13-20(18)27/h5-13,16-17H,3-4,14-15H2,1-2H3,(H,28,30)(H,29,31). The molecule has 0 unspecified atom stereocenters. The Hall–Kier alpha value is -3.87. The maximum atomic E-state index is 13.8. The zero-order valence-electron chi connectivity index (χ0n) is 18.7. The minimum absolute atomic E-state index is 0.100. The summed E-state index contributed by atoms with van der Waals surface area (Å²) in [5, 5.41) is 5.66. The second-order valence-corrected chi connectivity index (χ2v) is 7.17. The molecule has 0 heterocycles. The first-order chi connectivity index (χ1) is 16.0. The average molecular weight is 451 g/mol. The van der Waals surface area contributed by atoms with Gasteiger partial charge in [0.1, 0.15) is 17.3 Å². The van der Waals surface area contributed by atoms with Gasteiger partial charge in [0.2, 0.25) is 5.91 Å². The highest BCUT2D eigenvalue weighted by Crippen LogP contribution is 2.37. The van der Waals surface area contributed by atoms with Crippen LogP contribution in [0.25, 0.3) is 0 Å². The Morgan fingerprint density at radius 3 is 2.00 bits per heavy atom. The van der Waals surface area contributed by atoms with E-state index in [4.69, 9.17) is 9.47 Å². The van der Waals surface area contributed by atoms with Gasteiger partial charge < -0.3 is 20.1 Å². The lowest BCUT2D eigenvalue weighted by Gasteiger charge is -2.18. The van der Waals surface area contributed by atoms with Gasteiger partial charge in [0.25, 0.3) is 5.91 Å². The average Bonchev–Trinajstić information content (AvgIpc) is 2.82. The predicted molar refractivity (Wildman–Crippen MR) is 127 cm³/mol. The normalized spacial score (nSPS) is 10.4. The van der Waals surface area contributed by atoms with Crippen molar-refractivity contribution in [3.63, 3.8) is 0 Å². The van der Waals surface area contributed by atoms with E-state index in [1.807, 2.05) is 19.9 Å². The molecule has 0 atom stereocenters. The first-order valence-corrected chi connectivity index (χ1v) is 10.8. The smallest absolute Gasteiger partial charge is 0.255 e. The van der Waals surface area contributed by atoms with E-state index in [0.717, 1.165) is 0 Å². The molecule has 0 fully saturated rings. The van der Waals surface area contributed by atoms with Crippen LogP contribution in [0, 0.1) is 5.82 Å². The SMILES string of the molecule is CCOc1cc(NC(=O)c2ccccc2)c(OCC)cc1NC(=O)CCc1ccccc1F. The maximum absolute atomic E-state index is 13.8. The molecule has 0 radical (unpaired) electrons. The molecule has 0 aliphatic carbocycles. The molecule has 7 heteroatoms. The van der Waals surface area contributed by atoms with Crippen LogP contribution in [-0.4, -0.2) is 25.0 Å². The summed E-state index contributed by atoms with van der Waals surface area (Å²) in [7, 11) is 0. The fourth-order valence-electron chi connectivity index (χ4n) is 3.25. The fourth-order valence-corrected chi connectivity index (χ4v) is 3.25. The number of hydrogen-bond donors (Lipinski definition) is 2. The molecule has 2 amide bonds. The lowest BCUT2D eigenvalue weighted by Crippen LogP contribution is -2.16. The van der Waals surface area contributed by atoms with E-state index in [-0.39, 0.29) is 30.5 Å². The van der Waals surface area contributed by atoms with Gasteiger partial charge in [-0.3, -0.25) is 9.59 Å². The topological polar surface area (TPSA) is 76.7 Å². The number of carbonyl (C=O) groups is 2. The van der Waals surface area contributed by atoms with E-state index in [1.54, 1.807) is 54.6 Å². The molecule has 0 spiro atoms. The number of halogens is 1. The molecule has 0 aliphatic heterocycles. The first kappa shape index (κ1) is 23.8. The summed E-state index contributed by atoms with van der Waals surface area (Å²) in [4.78, 5) is 25.2. The number of hydrogen-bond acceptors (Lipinski definition) is 4. The van der Waals surface area contributed by atoms with Crippen LogP contribution in [0.3, 0.4) is 0 Å². The van der Waals surface area contributed by atoms with Crippen molar-refractivity contribution in [2.24, 2.45) is 0 Å². The number of rotatable bonds is 10. The van der Waals surface area contributed by atoms with Gasteiger partial charge in [-0.15, -0.1) is 0 Å². The van der Waals surface area contributed by atoms with Crippen LogP contribution in [0.2, 0.25) is 0 Å². The van der Waals surface area contributed by atoms with Gasteiger partial charge in [0, 0.05) is 24.1 Å². The van der Waals surface area contributed by atoms with Crippen LogP contribution in [0.1, 0.15) is 36.2 Å². The Labute approximate surface area is 192 Å². The summed E-state index contributed by atoms with van der Waals surface area (Å²) in [5.41, 5.74) is 1.82.